The SMILES string of the molecule is COc1cccc(-c2nnc(NC(=O)Cn3cnc4ccccc43)s2)c1OC. The molecule has 0 spiro atoms. The number of hydrogen-bond acceptors (Lipinski definition) is 7. The molecule has 0 atom stereocenters. The average Bonchev–Trinajstić information content (AvgIpc) is 3.34. The predicted octanol–water partition coefficient (Wildman–Crippen LogP) is 3.21. The largest absolute Gasteiger partial charge is 0.493 e. The zero-order chi connectivity index (χ0) is 19.5. The molecule has 28 heavy (non-hydrogen) atoms. The van der Waals surface area contributed by atoms with Crippen LogP contribution >= 0.6 is 11.3 Å². The molecule has 8 nitrogen and oxygen atoms in total. The Morgan fingerprint density at radius 2 is 1.96 bits per heavy atom. The number of carbonyl (C=O) groups excluding carboxylic acids is 1. The van der Waals surface area contributed by atoms with Crippen molar-refractivity contribution in [3.05, 3.63) is 48.8 Å². The number of nitrogens with one attached hydrogen (secondary N) is 1. The van der Waals surface area contributed by atoms with Gasteiger partial charge in [-0.05, 0) is 24.3 Å². The van der Waals surface area contributed by atoms with Gasteiger partial charge in [0, 0.05) is 0 Å². The van der Waals surface area contributed by atoms with Crippen LogP contribution in [0, 0.1) is 0 Å². The van der Waals surface area contributed by atoms with E-state index in [4.69, 9.17) is 9.47 Å². The lowest BCUT2D eigenvalue weighted by Crippen LogP contribution is -2.18. The second-order valence-electron chi connectivity index (χ2n) is 5.86. The Morgan fingerprint density at radius 3 is 2.79 bits per heavy atom. The number of anilines is 1. The van der Waals surface area contributed by atoms with E-state index in [1.807, 2.05) is 42.5 Å². The van der Waals surface area contributed by atoms with Crippen molar-refractivity contribution in [2.24, 2.45) is 0 Å². The third-order valence-corrected chi connectivity index (χ3v) is 5.02. The first-order valence-corrected chi connectivity index (χ1v) is 9.26. The topological polar surface area (TPSA) is 91.2 Å². The van der Waals surface area contributed by atoms with Crippen LogP contribution < -0.4 is 14.8 Å². The Kier molecular flexibility index (Phi) is 4.90. The van der Waals surface area contributed by atoms with Crippen molar-refractivity contribution in [3.63, 3.8) is 0 Å². The summed E-state index contributed by atoms with van der Waals surface area (Å²) in [4.78, 5) is 16.7. The van der Waals surface area contributed by atoms with Gasteiger partial charge in [0.1, 0.15) is 6.54 Å². The summed E-state index contributed by atoms with van der Waals surface area (Å²) in [5.74, 6) is 0.972. The second-order valence-corrected chi connectivity index (χ2v) is 6.84. The summed E-state index contributed by atoms with van der Waals surface area (Å²) in [6, 6.07) is 13.2. The summed E-state index contributed by atoms with van der Waals surface area (Å²) in [5.41, 5.74) is 2.50. The Hall–Kier alpha value is -3.46. The van der Waals surface area contributed by atoms with Gasteiger partial charge in [0.15, 0.2) is 16.5 Å². The molecular formula is C19H17N5O3S. The molecule has 0 fully saturated rings. The van der Waals surface area contributed by atoms with Gasteiger partial charge in [-0.2, -0.15) is 0 Å². The number of imidazole rings is 1. The molecule has 4 aromatic rings. The highest BCUT2D eigenvalue weighted by Gasteiger charge is 2.17. The van der Waals surface area contributed by atoms with Crippen molar-refractivity contribution in [2.45, 2.75) is 6.54 Å². The Balaban J connectivity index is 1.52. The van der Waals surface area contributed by atoms with Crippen LogP contribution in [0.5, 0.6) is 11.5 Å². The molecular weight excluding hydrogens is 378 g/mol. The number of para-hydroxylation sites is 3. The summed E-state index contributed by atoms with van der Waals surface area (Å²) in [5, 5.41) is 12.1. The average molecular weight is 395 g/mol. The minimum Gasteiger partial charge on any atom is -0.493 e. The molecule has 0 aliphatic heterocycles. The number of hydrogen-bond donors (Lipinski definition) is 1. The highest BCUT2D eigenvalue weighted by Crippen LogP contribution is 2.39. The first-order chi connectivity index (χ1) is 13.7. The van der Waals surface area contributed by atoms with Crippen LogP contribution in [0.15, 0.2) is 48.8 Å². The van der Waals surface area contributed by atoms with Crippen LogP contribution in [0.1, 0.15) is 0 Å². The van der Waals surface area contributed by atoms with Gasteiger partial charge < -0.3 is 14.0 Å². The fourth-order valence-corrected chi connectivity index (χ4v) is 3.67. The number of fused-ring (bicyclic) bond motifs is 1. The number of aromatic nitrogens is 4. The highest BCUT2D eigenvalue weighted by molar-refractivity contribution is 7.18. The fraction of sp³-hybridized carbons (Fsp3) is 0.158. The molecule has 142 valence electrons. The minimum absolute atomic E-state index is 0.137. The predicted molar refractivity (Wildman–Crippen MR) is 107 cm³/mol. The molecule has 0 aliphatic carbocycles. The molecule has 4 rings (SSSR count). The van der Waals surface area contributed by atoms with Crippen LogP contribution in [0.4, 0.5) is 5.13 Å². The number of amides is 1. The zero-order valence-electron chi connectivity index (χ0n) is 15.2. The van der Waals surface area contributed by atoms with Gasteiger partial charge in [-0.3, -0.25) is 10.1 Å². The molecule has 2 aromatic carbocycles. The Morgan fingerprint density at radius 1 is 1.11 bits per heavy atom. The number of ether oxygens (including phenoxy) is 2. The van der Waals surface area contributed by atoms with Gasteiger partial charge in [-0.15, -0.1) is 10.2 Å². The monoisotopic (exact) mass is 395 g/mol. The van der Waals surface area contributed by atoms with Crippen molar-refractivity contribution in [1.82, 2.24) is 19.7 Å². The summed E-state index contributed by atoms with van der Waals surface area (Å²) in [6.07, 6.45) is 1.65. The van der Waals surface area contributed by atoms with Gasteiger partial charge in [-0.1, -0.05) is 29.5 Å². The van der Waals surface area contributed by atoms with E-state index in [-0.39, 0.29) is 12.5 Å². The van der Waals surface area contributed by atoms with E-state index < -0.39 is 0 Å². The van der Waals surface area contributed by atoms with Crippen molar-refractivity contribution < 1.29 is 14.3 Å². The molecule has 1 N–H and O–H groups in total. The summed E-state index contributed by atoms with van der Waals surface area (Å²) in [7, 11) is 3.15. The van der Waals surface area contributed by atoms with Crippen molar-refractivity contribution >= 4 is 33.4 Å². The van der Waals surface area contributed by atoms with E-state index >= 15 is 0 Å². The van der Waals surface area contributed by atoms with Gasteiger partial charge >= 0.3 is 0 Å². The van der Waals surface area contributed by atoms with E-state index in [0.29, 0.717) is 21.6 Å². The van der Waals surface area contributed by atoms with Gasteiger partial charge in [0.2, 0.25) is 11.0 Å². The standard InChI is InChI=1S/C19H17N5O3S/c1-26-15-9-5-6-12(17(15)27-2)18-22-23-19(28-18)21-16(25)10-24-11-20-13-7-3-4-8-14(13)24/h3-9,11H,10H2,1-2H3,(H,21,23,25). The number of benzene rings is 2. The van der Waals surface area contributed by atoms with Crippen molar-refractivity contribution in [3.8, 4) is 22.1 Å². The van der Waals surface area contributed by atoms with E-state index in [9.17, 15) is 4.79 Å². The first-order valence-electron chi connectivity index (χ1n) is 8.44. The van der Waals surface area contributed by atoms with Gasteiger partial charge in [0.25, 0.3) is 0 Å². The number of methoxy groups -OCH3 is 2. The molecule has 0 aliphatic rings. The van der Waals surface area contributed by atoms with E-state index in [0.717, 1.165) is 16.6 Å². The maximum Gasteiger partial charge on any atom is 0.246 e. The summed E-state index contributed by atoms with van der Waals surface area (Å²) in [6.45, 7) is 0.137. The normalized spacial score (nSPS) is 10.8. The quantitative estimate of drug-likeness (QED) is 0.539. The second kappa shape index (κ2) is 7.65. The number of carbonyl (C=O) groups is 1. The fourth-order valence-electron chi connectivity index (χ4n) is 2.89. The molecule has 0 saturated heterocycles. The molecule has 9 heteroatoms. The Labute approximate surface area is 164 Å². The lowest BCUT2D eigenvalue weighted by molar-refractivity contribution is -0.116. The highest BCUT2D eigenvalue weighted by atomic mass is 32.1. The first kappa shape index (κ1) is 17.9. The molecule has 1 amide bonds. The van der Waals surface area contributed by atoms with E-state index in [1.54, 1.807) is 25.1 Å². The number of rotatable bonds is 6. The van der Waals surface area contributed by atoms with Crippen LogP contribution in [0.25, 0.3) is 21.6 Å². The van der Waals surface area contributed by atoms with Crippen LogP contribution in [0.2, 0.25) is 0 Å². The molecule has 0 unspecified atom stereocenters. The van der Waals surface area contributed by atoms with Crippen molar-refractivity contribution in [2.75, 3.05) is 19.5 Å². The molecule has 0 bridgehead atoms. The maximum atomic E-state index is 12.4. The molecule has 2 heterocycles. The summed E-state index contributed by atoms with van der Waals surface area (Å²) < 4.78 is 12.5. The van der Waals surface area contributed by atoms with E-state index in [2.05, 4.69) is 20.5 Å². The van der Waals surface area contributed by atoms with E-state index in [1.165, 1.54) is 11.3 Å². The lowest BCUT2D eigenvalue weighted by atomic mass is 10.2. The van der Waals surface area contributed by atoms with Crippen LogP contribution in [-0.4, -0.2) is 39.9 Å². The third-order valence-electron chi connectivity index (χ3n) is 4.15. The van der Waals surface area contributed by atoms with Gasteiger partial charge in [-0.25, -0.2) is 4.98 Å². The zero-order valence-corrected chi connectivity index (χ0v) is 16.1. The number of nitrogens with zero attached hydrogens (tertiary/aromatic N) is 4. The van der Waals surface area contributed by atoms with Gasteiger partial charge in [0.05, 0.1) is 37.1 Å². The lowest BCUT2D eigenvalue weighted by Gasteiger charge is -2.10. The summed E-state index contributed by atoms with van der Waals surface area (Å²) >= 11 is 1.26. The third kappa shape index (κ3) is 3.39. The van der Waals surface area contributed by atoms with Crippen LogP contribution in [-0.2, 0) is 11.3 Å². The Bertz CT molecular complexity index is 1140. The maximum absolute atomic E-state index is 12.4. The van der Waals surface area contributed by atoms with Crippen molar-refractivity contribution in [1.29, 1.82) is 0 Å². The molecule has 0 radical (unpaired) electrons. The molecule has 0 saturated carbocycles. The minimum atomic E-state index is -0.205. The smallest absolute Gasteiger partial charge is 0.246 e. The molecule has 2 aromatic heterocycles. The van der Waals surface area contributed by atoms with Crippen LogP contribution in [0.3, 0.4) is 0 Å².